The van der Waals surface area contributed by atoms with Crippen molar-refractivity contribution in [2.75, 3.05) is 18.0 Å². The smallest absolute Gasteiger partial charge is 0.142 e. The molecule has 4 heterocycles. The van der Waals surface area contributed by atoms with Crippen molar-refractivity contribution in [3.05, 3.63) is 36.5 Å². The molecule has 0 bridgehead atoms. The van der Waals surface area contributed by atoms with Gasteiger partial charge in [-0.1, -0.05) is 0 Å². The van der Waals surface area contributed by atoms with Gasteiger partial charge in [0.2, 0.25) is 0 Å². The van der Waals surface area contributed by atoms with E-state index < -0.39 is 0 Å². The first-order chi connectivity index (χ1) is 10.3. The highest BCUT2D eigenvalue weighted by atomic mass is 15.3. The number of nitrogens with zero attached hydrogens (tertiary/aromatic N) is 6. The van der Waals surface area contributed by atoms with Crippen LogP contribution in [-0.2, 0) is 0 Å². The Balaban J connectivity index is 1.61. The maximum atomic E-state index is 8.88. The fraction of sp³-hybridized carbons (Fsp3) is 0.286. The second-order valence-corrected chi connectivity index (χ2v) is 5.15. The number of hydrogen-bond acceptors (Lipinski definition) is 5. The summed E-state index contributed by atoms with van der Waals surface area (Å²) in [6.07, 6.45) is 7.87. The van der Waals surface area contributed by atoms with Crippen molar-refractivity contribution in [1.82, 2.24) is 24.7 Å². The average Bonchev–Trinajstić information content (AvgIpc) is 3.25. The third kappa shape index (κ3) is 1.92. The van der Waals surface area contributed by atoms with Gasteiger partial charge < -0.3 is 9.88 Å². The number of aromatic amines is 1. The van der Waals surface area contributed by atoms with Gasteiger partial charge in [-0.05, 0) is 12.5 Å². The maximum absolute atomic E-state index is 8.88. The van der Waals surface area contributed by atoms with Gasteiger partial charge >= 0.3 is 0 Å². The van der Waals surface area contributed by atoms with Crippen LogP contribution in [0.4, 0.5) is 5.82 Å². The van der Waals surface area contributed by atoms with E-state index >= 15 is 0 Å². The third-order valence-corrected chi connectivity index (χ3v) is 3.90. The van der Waals surface area contributed by atoms with Gasteiger partial charge in [-0.3, -0.25) is 4.68 Å². The molecule has 0 saturated carbocycles. The van der Waals surface area contributed by atoms with Crippen molar-refractivity contribution in [3.63, 3.8) is 0 Å². The van der Waals surface area contributed by atoms with E-state index in [0.29, 0.717) is 5.56 Å². The molecule has 0 amide bonds. The van der Waals surface area contributed by atoms with Crippen molar-refractivity contribution in [1.29, 1.82) is 5.26 Å². The second-order valence-electron chi connectivity index (χ2n) is 5.15. The molecular weight excluding hydrogens is 266 g/mol. The number of hydrogen-bond donors (Lipinski definition) is 1. The highest BCUT2D eigenvalue weighted by Gasteiger charge is 2.26. The van der Waals surface area contributed by atoms with Crippen LogP contribution in [0.25, 0.3) is 11.0 Å². The zero-order valence-corrected chi connectivity index (χ0v) is 11.3. The molecule has 0 spiro atoms. The number of nitrogens with one attached hydrogen (secondary N) is 1. The van der Waals surface area contributed by atoms with Gasteiger partial charge in [-0.25, -0.2) is 9.97 Å². The lowest BCUT2D eigenvalue weighted by Gasteiger charge is -2.18. The predicted molar refractivity (Wildman–Crippen MR) is 76.7 cm³/mol. The molecule has 1 atom stereocenters. The highest BCUT2D eigenvalue weighted by molar-refractivity contribution is 5.87. The molecule has 1 aliphatic heterocycles. The minimum Gasteiger partial charge on any atom is -0.354 e. The van der Waals surface area contributed by atoms with E-state index in [1.165, 1.54) is 0 Å². The quantitative estimate of drug-likeness (QED) is 0.767. The van der Waals surface area contributed by atoms with Crippen LogP contribution in [0.3, 0.4) is 0 Å². The molecule has 1 fully saturated rings. The van der Waals surface area contributed by atoms with E-state index in [0.717, 1.165) is 36.4 Å². The first kappa shape index (κ1) is 11.9. The number of anilines is 1. The van der Waals surface area contributed by atoms with Crippen molar-refractivity contribution < 1.29 is 0 Å². The van der Waals surface area contributed by atoms with Crippen molar-refractivity contribution >= 4 is 16.9 Å². The van der Waals surface area contributed by atoms with Crippen LogP contribution < -0.4 is 4.90 Å². The molecule has 104 valence electrons. The Bertz CT molecular complexity index is 825. The lowest BCUT2D eigenvalue weighted by molar-refractivity contribution is 0.494. The van der Waals surface area contributed by atoms with Gasteiger partial charge in [-0.15, -0.1) is 0 Å². The molecule has 3 aromatic heterocycles. The Hall–Kier alpha value is -2.88. The summed E-state index contributed by atoms with van der Waals surface area (Å²) in [4.78, 5) is 14.0. The summed E-state index contributed by atoms with van der Waals surface area (Å²) >= 11 is 0. The SMILES string of the molecule is N#Cc1cnn(C2CCN(c3ncnc4[nH]ccc34)C2)c1. The van der Waals surface area contributed by atoms with E-state index in [4.69, 9.17) is 5.26 Å². The topological polar surface area (TPSA) is 86.4 Å². The second kappa shape index (κ2) is 4.59. The number of fused-ring (bicyclic) bond motifs is 1. The number of nitriles is 1. The van der Waals surface area contributed by atoms with Crippen LogP contribution in [0.2, 0.25) is 0 Å². The molecule has 7 nitrogen and oxygen atoms in total. The van der Waals surface area contributed by atoms with Crippen molar-refractivity contribution in [2.24, 2.45) is 0 Å². The van der Waals surface area contributed by atoms with Crippen LogP contribution in [0.5, 0.6) is 0 Å². The fourth-order valence-corrected chi connectivity index (χ4v) is 2.86. The Morgan fingerprint density at radius 2 is 2.33 bits per heavy atom. The van der Waals surface area contributed by atoms with E-state index in [-0.39, 0.29) is 6.04 Å². The summed E-state index contributed by atoms with van der Waals surface area (Å²) in [6, 6.07) is 4.39. The molecule has 0 radical (unpaired) electrons. The van der Waals surface area contributed by atoms with Crippen LogP contribution in [0.15, 0.2) is 31.0 Å². The van der Waals surface area contributed by atoms with Gasteiger partial charge in [-0.2, -0.15) is 10.4 Å². The summed E-state index contributed by atoms with van der Waals surface area (Å²) in [5.74, 6) is 0.955. The molecule has 1 N–H and O–H groups in total. The first-order valence-electron chi connectivity index (χ1n) is 6.82. The maximum Gasteiger partial charge on any atom is 0.142 e. The minimum absolute atomic E-state index is 0.274. The molecule has 0 aromatic carbocycles. The lowest BCUT2D eigenvalue weighted by Crippen LogP contribution is -2.22. The van der Waals surface area contributed by atoms with Crippen LogP contribution >= 0.6 is 0 Å². The van der Waals surface area contributed by atoms with E-state index in [2.05, 4.69) is 31.0 Å². The third-order valence-electron chi connectivity index (χ3n) is 3.90. The van der Waals surface area contributed by atoms with Gasteiger partial charge in [0, 0.05) is 25.5 Å². The average molecular weight is 279 g/mol. The zero-order valence-electron chi connectivity index (χ0n) is 11.3. The molecular formula is C14H13N7. The monoisotopic (exact) mass is 279 g/mol. The van der Waals surface area contributed by atoms with Crippen molar-refractivity contribution in [3.8, 4) is 6.07 Å². The number of aromatic nitrogens is 5. The molecule has 0 aliphatic carbocycles. The largest absolute Gasteiger partial charge is 0.354 e. The van der Waals surface area contributed by atoms with Crippen LogP contribution in [0, 0.1) is 11.3 Å². The summed E-state index contributed by atoms with van der Waals surface area (Å²) in [5.41, 5.74) is 1.46. The molecule has 1 aliphatic rings. The summed E-state index contributed by atoms with van der Waals surface area (Å²) < 4.78 is 1.88. The van der Waals surface area contributed by atoms with Gasteiger partial charge in [0.25, 0.3) is 0 Å². The molecule has 1 unspecified atom stereocenters. The fourth-order valence-electron chi connectivity index (χ4n) is 2.86. The first-order valence-corrected chi connectivity index (χ1v) is 6.82. The van der Waals surface area contributed by atoms with Gasteiger partial charge in [0.1, 0.15) is 23.9 Å². The van der Waals surface area contributed by atoms with E-state index in [9.17, 15) is 0 Å². The molecule has 4 rings (SSSR count). The number of rotatable bonds is 2. The standard InChI is InChI=1S/C14H13N7/c15-5-10-6-19-21(7-10)11-2-4-20(8-11)14-12-1-3-16-13(12)17-9-18-14/h1,3,6-7,9,11H,2,4,8H2,(H,16,17,18). The Kier molecular flexibility index (Phi) is 2.60. The van der Waals surface area contributed by atoms with Gasteiger partial charge in [0.15, 0.2) is 0 Å². The zero-order chi connectivity index (χ0) is 14.2. The summed E-state index contributed by atoms with van der Waals surface area (Å²) in [6.45, 7) is 1.76. The Labute approximate surface area is 120 Å². The predicted octanol–water partition coefficient (Wildman–Crippen LogP) is 1.48. The molecule has 21 heavy (non-hydrogen) atoms. The normalized spacial score (nSPS) is 18.2. The van der Waals surface area contributed by atoms with Crippen LogP contribution in [0.1, 0.15) is 18.0 Å². The molecule has 7 heteroatoms. The van der Waals surface area contributed by atoms with E-state index in [1.807, 2.05) is 16.9 Å². The van der Waals surface area contributed by atoms with Gasteiger partial charge in [0.05, 0.1) is 23.2 Å². The Morgan fingerprint density at radius 3 is 3.19 bits per heavy atom. The van der Waals surface area contributed by atoms with E-state index in [1.54, 1.807) is 18.7 Å². The summed E-state index contributed by atoms with van der Waals surface area (Å²) in [7, 11) is 0. The van der Waals surface area contributed by atoms with Crippen molar-refractivity contribution in [2.45, 2.75) is 12.5 Å². The minimum atomic E-state index is 0.274. The lowest BCUT2D eigenvalue weighted by atomic mass is 10.3. The highest BCUT2D eigenvalue weighted by Crippen LogP contribution is 2.29. The molecule has 3 aromatic rings. The molecule has 1 saturated heterocycles. The number of H-pyrrole nitrogens is 1. The summed E-state index contributed by atoms with van der Waals surface area (Å²) in [5, 5.41) is 14.2. The van der Waals surface area contributed by atoms with Crippen LogP contribution in [-0.4, -0.2) is 37.8 Å². The Morgan fingerprint density at radius 1 is 1.38 bits per heavy atom.